The Kier molecular flexibility index (Phi) is 4.14. The van der Waals surface area contributed by atoms with Crippen molar-refractivity contribution in [2.45, 2.75) is 18.2 Å². The van der Waals surface area contributed by atoms with Crippen LogP contribution >= 0.6 is 15.9 Å². The molecule has 4 nitrogen and oxygen atoms in total. The fourth-order valence-corrected chi connectivity index (χ4v) is 4.81. The molecule has 0 N–H and O–H groups in total. The zero-order valence-electron chi connectivity index (χ0n) is 12.1. The van der Waals surface area contributed by atoms with Crippen LogP contribution in [-0.2, 0) is 16.4 Å². The van der Waals surface area contributed by atoms with E-state index in [0.717, 1.165) is 17.7 Å². The molecule has 0 radical (unpaired) electrons. The molecule has 1 aliphatic heterocycles. The van der Waals surface area contributed by atoms with Gasteiger partial charge in [-0.15, -0.1) is 0 Å². The van der Waals surface area contributed by atoms with E-state index >= 15 is 0 Å². The lowest BCUT2D eigenvalue weighted by molar-refractivity contribution is 0.331. The van der Waals surface area contributed by atoms with Crippen molar-refractivity contribution in [1.29, 1.82) is 0 Å². The molecule has 116 valence electrons. The number of anilines is 1. The fraction of sp³-hybridized carbons (Fsp3) is 0.250. The molecule has 22 heavy (non-hydrogen) atoms. The number of hydrogen-bond acceptors (Lipinski definition) is 3. The van der Waals surface area contributed by atoms with Crippen LogP contribution in [0.5, 0.6) is 5.75 Å². The Hall–Kier alpha value is -1.53. The van der Waals surface area contributed by atoms with E-state index in [4.69, 9.17) is 4.74 Å². The molecule has 0 fully saturated rings. The standard InChI is InChI=1S/C16H16BrNO3S/c1-2-21-15-8-7-13(17)11-16(15)22(19,20)18-10-9-12-5-3-4-6-14(12)18/h3-8,11H,2,9-10H2,1H3. The van der Waals surface area contributed by atoms with Gasteiger partial charge in [0.25, 0.3) is 10.0 Å². The summed E-state index contributed by atoms with van der Waals surface area (Å²) in [6, 6.07) is 12.7. The average molecular weight is 382 g/mol. The highest BCUT2D eigenvalue weighted by atomic mass is 79.9. The van der Waals surface area contributed by atoms with Crippen molar-refractivity contribution in [2.24, 2.45) is 0 Å². The maximum Gasteiger partial charge on any atom is 0.268 e. The van der Waals surface area contributed by atoms with E-state index < -0.39 is 10.0 Å². The maximum absolute atomic E-state index is 13.1. The number of benzene rings is 2. The van der Waals surface area contributed by atoms with Crippen LogP contribution in [0.4, 0.5) is 5.69 Å². The Morgan fingerprint density at radius 3 is 2.77 bits per heavy atom. The van der Waals surface area contributed by atoms with Crippen molar-refractivity contribution in [3.05, 3.63) is 52.5 Å². The average Bonchev–Trinajstić information content (AvgIpc) is 2.94. The van der Waals surface area contributed by atoms with Crippen LogP contribution in [0.1, 0.15) is 12.5 Å². The Balaban J connectivity index is 2.10. The minimum atomic E-state index is -3.65. The zero-order chi connectivity index (χ0) is 15.7. The monoisotopic (exact) mass is 381 g/mol. The van der Waals surface area contributed by atoms with E-state index in [1.165, 1.54) is 4.31 Å². The van der Waals surface area contributed by atoms with Crippen LogP contribution < -0.4 is 9.04 Å². The van der Waals surface area contributed by atoms with Crippen LogP contribution in [0, 0.1) is 0 Å². The number of fused-ring (bicyclic) bond motifs is 1. The van der Waals surface area contributed by atoms with E-state index in [0.29, 0.717) is 23.4 Å². The minimum absolute atomic E-state index is 0.195. The summed E-state index contributed by atoms with van der Waals surface area (Å²) in [6.07, 6.45) is 0.730. The molecule has 1 heterocycles. The van der Waals surface area contributed by atoms with Crippen molar-refractivity contribution >= 4 is 31.6 Å². The van der Waals surface area contributed by atoms with E-state index in [9.17, 15) is 8.42 Å². The lowest BCUT2D eigenvalue weighted by Crippen LogP contribution is -2.29. The van der Waals surface area contributed by atoms with Crippen molar-refractivity contribution in [3.8, 4) is 5.75 Å². The highest BCUT2D eigenvalue weighted by molar-refractivity contribution is 9.10. The topological polar surface area (TPSA) is 46.6 Å². The number of ether oxygens (including phenoxy) is 1. The molecular formula is C16H16BrNO3S. The molecule has 2 aromatic carbocycles. The van der Waals surface area contributed by atoms with E-state index in [1.54, 1.807) is 18.2 Å². The van der Waals surface area contributed by atoms with Gasteiger partial charge in [-0.05, 0) is 43.2 Å². The number of nitrogens with zero attached hydrogens (tertiary/aromatic N) is 1. The van der Waals surface area contributed by atoms with Crippen LogP contribution in [0.2, 0.25) is 0 Å². The quantitative estimate of drug-likeness (QED) is 0.812. The smallest absolute Gasteiger partial charge is 0.268 e. The van der Waals surface area contributed by atoms with Gasteiger partial charge in [0.15, 0.2) is 0 Å². The molecule has 2 aromatic rings. The second kappa shape index (κ2) is 5.93. The minimum Gasteiger partial charge on any atom is -0.492 e. The van der Waals surface area contributed by atoms with Gasteiger partial charge in [0.05, 0.1) is 12.3 Å². The number of hydrogen-bond donors (Lipinski definition) is 0. The summed E-state index contributed by atoms with van der Waals surface area (Å²) in [4.78, 5) is 0.195. The third kappa shape index (κ3) is 2.61. The Morgan fingerprint density at radius 2 is 2.00 bits per heavy atom. The van der Waals surface area contributed by atoms with Gasteiger partial charge >= 0.3 is 0 Å². The first-order valence-corrected chi connectivity index (χ1v) is 9.30. The fourth-order valence-electron chi connectivity index (χ4n) is 2.63. The van der Waals surface area contributed by atoms with Gasteiger partial charge in [-0.2, -0.15) is 0 Å². The third-order valence-corrected chi connectivity index (χ3v) is 5.95. The molecule has 0 saturated carbocycles. The normalized spacial score (nSPS) is 14.0. The summed E-state index contributed by atoms with van der Waals surface area (Å²) in [6.45, 7) is 2.71. The molecule has 0 aliphatic carbocycles. The SMILES string of the molecule is CCOc1ccc(Br)cc1S(=O)(=O)N1CCc2ccccc21. The number of halogens is 1. The van der Waals surface area contributed by atoms with Crippen molar-refractivity contribution in [3.63, 3.8) is 0 Å². The van der Waals surface area contributed by atoms with E-state index in [2.05, 4.69) is 15.9 Å². The van der Waals surface area contributed by atoms with Gasteiger partial charge in [-0.1, -0.05) is 34.1 Å². The highest BCUT2D eigenvalue weighted by Crippen LogP contribution is 2.36. The summed E-state index contributed by atoms with van der Waals surface area (Å²) >= 11 is 3.34. The molecule has 0 atom stereocenters. The number of rotatable bonds is 4. The first-order valence-electron chi connectivity index (χ1n) is 7.07. The van der Waals surface area contributed by atoms with Gasteiger partial charge < -0.3 is 4.74 Å². The predicted molar refractivity (Wildman–Crippen MR) is 90.0 cm³/mol. The van der Waals surface area contributed by atoms with E-state index in [1.807, 2.05) is 31.2 Å². The van der Waals surface area contributed by atoms with Crippen LogP contribution in [0.25, 0.3) is 0 Å². The van der Waals surface area contributed by atoms with Crippen LogP contribution in [0.3, 0.4) is 0 Å². The largest absolute Gasteiger partial charge is 0.492 e. The first-order chi connectivity index (χ1) is 10.5. The van der Waals surface area contributed by atoms with Gasteiger partial charge in [0, 0.05) is 11.0 Å². The van der Waals surface area contributed by atoms with Crippen molar-refractivity contribution in [1.82, 2.24) is 0 Å². The zero-order valence-corrected chi connectivity index (χ0v) is 14.5. The van der Waals surface area contributed by atoms with Crippen LogP contribution in [-0.4, -0.2) is 21.6 Å². The Labute approximate surface area is 138 Å². The Morgan fingerprint density at radius 1 is 1.23 bits per heavy atom. The molecule has 6 heteroatoms. The predicted octanol–water partition coefficient (Wildman–Crippen LogP) is 3.60. The van der Waals surface area contributed by atoms with Gasteiger partial charge in [0.2, 0.25) is 0 Å². The first kappa shape index (κ1) is 15.4. The molecule has 0 unspecified atom stereocenters. The van der Waals surface area contributed by atoms with Gasteiger partial charge in [0.1, 0.15) is 10.6 Å². The Bertz CT molecular complexity index is 805. The van der Waals surface area contributed by atoms with Crippen molar-refractivity contribution < 1.29 is 13.2 Å². The number of sulfonamides is 1. The summed E-state index contributed by atoms with van der Waals surface area (Å²) < 4.78 is 33.8. The molecule has 3 rings (SSSR count). The van der Waals surface area contributed by atoms with Crippen molar-refractivity contribution in [2.75, 3.05) is 17.5 Å². The number of para-hydroxylation sites is 1. The van der Waals surface area contributed by atoms with E-state index in [-0.39, 0.29) is 4.90 Å². The van der Waals surface area contributed by atoms with Gasteiger partial charge in [-0.25, -0.2) is 8.42 Å². The molecule has 0 amide bonds. The summed E-state index contributed by atoms with van der Waals surface area (Å²) in [5.74, 6) is 0.384. The lowest BCUT2D eigenvalue weighted by atomic mass is 10.2. The molecule has 0 aromatic heterocycles. The lowest BCUT2D eigenvalue weighted by Gasteiger charge is -2.21. The second-order valence-corrected chi connectivity index (χ2v) is 7.73. The molecule has 0 bridgehead atoms. The summed E-state index contributed by atoms with van der Waals surface area (Å²) in [5, 5.41) is 0. The second-order valence-electron chi connectivity index (χ2n) is 4.98. The molecule has 1 aliphatic rings. The third-order valence-electron chi connectivity index (χ3n) is 3.62. The highest BCUT2D eigenvalue weighted by Gasteiger charge is 2.32. The molecule has 0 saturated heterocycles. The van der Waals surface area contributed by atoms with Crippen LogP contribution in [0.15, 0.2) is 51.8 Å². The maximum atomic E-state index is 13.1. The molecule has 0 spiro atoms. The summed E-state index contributed by atoms with van der Waals surface area (Å²) in [7, 11) is -3.65. The molecular weight excluding hydrogens is 366 g/mol. The summed E-state index contributed by atoms with van der Waals surface area (Å²) in [5.41, 5.74) is 1.81. The van der Waals surface area contributed by atoms with Gasteiger partial charge in [-0.3, -0.25) is 4.31 Å².